The molecule has 1 aromatic rings. The number of nitrogens with two attached hydrogens (primary N) is 1. The Bertz CT molecular complexity index is 522. The lowest BCUT2D eigenvalue weighted by molar-refractivity contribution is -0.115. The Hall–Kier alpha value is -1.66. The van der Waals surface area contributed by atoms with Crippen molar-refractivity contribution < 1.29 is 13.2 Å². The Morgan fingerprint density at radius 2 is 1.78 bits per heavy atom. The Morgan fingerprint density at radius 3 is 2.06 bits per heavy atom. The topological polar surface area (TPSA) is 80.5 Å². The van der Waals surface area contributed by atoms with Crippen LogP contribution in [0.2, 0.25) is 0 Å². The molecule has 1 rings (SSSR count). The average Bonchev–Trinajstić information content (AvgIpc) is 2.28. The van der Waals surface area contributed by atoms with E-state index >= 15 is 0 Å². The van der Waals surface area contributed by atoms with Crippen LogP contribution >= 0.6 is 0 Å². The Labute approximate surface area is 108 Å². The SMILES string of the molecule is C=C(C)c1ccccc1S(N)(=O)=O.CN(C)C=O. The third-order valence-corrected chi connectivity index (χ3v) is 2.83. The molecule has 18 heavy (non-hydrogen) atoms. The Kier molecular flexibility index (Phi) is 6.29. The summed E-state index contributed by atoms with van der Waals surface area (Å²) in [6, 6.07) is 6.53. The third-order valence-electron chi connectivity index (χ3n) is 1.86. The molecule has 0 radical (unpaired) electrons. The van der Waals surface area contributed by atoms with Crippen LogP contribution in [0.5, 0.6) is 0 Å². The number of rotatable bonds is 3. The fourth-order valence-electron chi connectivity index (χ4n) is 1.07. The lowest BCUT2D eigenvalue weighted by Crippen LogP contribution is -2.13. The molecule has 0 bridgehead atoms. The van der Waals surface area contributed by atoms with Crippen molar-refractivity contribution in [3.63, 3.8) is 0 Å². The van der Waals surface area contributed by atoms with Gasteiger partial charge in [0, 0.05) is 14.1 Å². The minimum Gasteiger partial charge on any atom is -0.351 e. The molecule has 0 spiro atoms. The molecule has 0 saturated carbocycles. The van der Waals surface area contributed by atoms with Crippen LogP contribution in [0.25, 0.3) is 5.57 Å². The van der Waals surface area contributed by atoms with Crippen molar-refractivity contribution in [3.8, 4) is 0 Å². The maximum absolute atomic E-state index is 11.1. The van der Waals surface area contributed by atoms with Gasteiger partial charge in [-0.25, -0.2) is 13.6 Å². The third kappa shape index (κ3) is 5.60. The van der Waals surface area contributed by atoms with Gasteiger partial charge in [0.1, 0.15) is 0 Å². The van der Waals surface area contributed by atoms with Crippen molar-refractivity contribution in [2.45, 2.75) is 11.8 Å². The van der Waals surface area contributed by atoms with Crippen molar-refractivity contribution >= 4 is 22.0 Å². The summed E-state index contributed by atoms with van der Waals surface area (Å²) in [5.41, 5.74) is 1.26. The maximum atomic E-state index is 11.1. The number of primary sulfonamides is 1. The van der Waals surface area contributed by atoms with Crippen LogP contribution in [0.3, 0.4) is 0 Å². The minimum absolute atomic E-state index is 0.127. The van der Waals surface area contributed by atoms with Crippen LogP contribution in [0.15, 0.2) is 35.7 Å². The maximum Gasteiger partial charge on any atom is 0.238 e. The molecule has 0 saturated heterocycles. The summed E-state index contributed by atoms with van der Waals surface area (Å²) < 4.78 is 22.2. The van der Waals surface area contributed by atoms with Gasteiger partial charge in [0.15, 0.2) is 0 Å². The minimum atomic E-state index is -3.64. The van der Waals surface area contributed by atoms with E-state index in [0.717, 1.165) is 6.41 Å². The summed E-state index contributed by atoms with van der Waals surface area (Å²) >= 11 is 0. The molecule has 0 aromatic heterocycles. The molecule has 6 heteroatoms. The second-order valence-electron chi connectivity index (χ2n) is 3.89. The van der Waals surface area contributed by atoms with E-state index in [1.54, 1.807) is 39.2 Å². The largest absolute Gasteiger partial charge is 0.351 e. The number of hydrogen-bond acceptors (Lipinski definition) is 3. The molecule has 5 nitrogen and oxygen atoms in total. The summed E-state index contributed by atoms with van der Waals surface area (Å²) in [6.07, 6.45) is 0.750. The van der Waals surface area contributed by atoms with E-state index < -0.39 is 10.0 Å². The summed E-state index contributed by atoms with van der Waals surface area (Å²) in [4.78, 5) is 11.0. The van der Waals surface area contributed by atoms with Crippen LogP contribution in [0.1, 0.15) is 12.5 Å². The predicted molar refractivity (Wildman–Crippen MR) is 72.3 cm³/mol. The number of hydrogen-bond donors (Lipinski definition) is 1. The molecule has 0 atom stereocenters. The van der Waals surface area contributed by atoms with Crippen LogP contribution in [0, 0.1) is 0 Å². The Balaban J connectivity index is 0.000000494. The first kappa shape index (κ1) is 16.3. The van der Waals surface area contributed by atoms with E-state index in [-0.39, 0.29) is 4.90 Å². The molecule has 0 aliphatic heterocycles. The van der Waals surface area contributed by atoms with Gasteiger partial charge < -0.3 is 4.90 Å². The smallest absolute Gasteiger partial charge is 0.238 e. The quantitative estimate of drug-likeness (QED) is 0.834. The molecule has 1 amide bonds. The molecule has 1 aromatic carbocycles. The fourth-order valence-corrected chi connectivity index (χ4v) is 1.88. The van der Waals surface area contributed by atoms with E-state index in [4.69, 9.17) is 5.14 Å². The van der Waals surface area contributed by atoms with Crippen molar-refractivity contribution in [2.75, 3.05) is 14.1 Å². The fraction of sp³-hybridized carbons (Fsp3) is 0.250. The highest BCUT2D eigenvalue weighted by molar-refractivity contribution is 7.89. The highest BCUT2D eigenvalue weighted by atomic mass is 32.2. The van der Waals surface area contributed by atoms with Crippen LogP contribution in [-0.4, -0.2) is 33.8 Å². The van der Waals surface area contributed by atoms with E-state index in [1.165, 1.54) is 11.0 Å². The van der Waals surface area contributed by atoms with E-state index in [1.807, 2.05) is 0 Å². The first-order valence-electron chi connectivity index (χ1n) is 5.09. The van der Waals surface area contributed by atoms with Gasteiger partial charge in [-0.1, -0.05) is 24.8 Å². The van der Waals surface area contributed by atoms with Gasteiger partial charge >= 0.3 is 0 Å². The molecule has 0 unspecified atom stereocenters. The van der Waals surface area contributed by atoms with Crippen LogP contribution in [-0.2, 0) is 14.8 Å². The lowest BCUT2D eigenvalue weighted by Gasteiger charge is -2.05. The van der Waals surface area contributed by atoms with Gasteiger partial charge in [-0.2, -0.15) is 0 Å². The first-order valence-corrected chi connectivity index (χ1v) is 6.64. The zero-order valence-corrected chi connectivity index (χ0v) is 11.6. The van der Waals surface area contributed by atoms with Gasteiger partial charge in [0.2, 0.25) is 16.4 Å². The molecular formula is C12H18N2O3S. The van der Waals surface area contributed by atoms with Gasteiger partial charge in [-0.3, -0.25) is 4.79 Å². The zero-order valence-electron chi connectivity index (χ0n) is 10.8. The molecule has 0 heterocycles. The van der Waals surface area contributed by atoms with Crippen molar-refractivity contribution in [1.82, 2.24) is 4.90 Å². The zero-order chi connectivity index (χ0) is 14.3. The van der Waals surface area contributed by atoms with E-state index in [9.17, 15) is 13.2 Å². The Morgan fingerprint density at radius 1 is 1.33 bits per heavy atom. The highest BCUT2D eigenvalue weighted by Crippen LogP contribution is 2.20. The molecule has 0 fully saturated rings. The van der Waals surface area contributed by atoms with Gasteiger partial charge in [-0.15, -0.1) is 0 Å². The molecule has 100 valence electrons. The van der Waals surface area contributed by atoms with Gasteiger partial charge in [0.25, 0.3) is 0 Å². The lowest BCUT2D eigenvalue weighted by atomic mass is 10.1. The number of allylic oxidation sites excluding steroid dienone is 1. The van der Waals surface area contributed by atoms with Crippen molar-refractivity contribution in [1.29, 1.82) is 0 Å². The molecule has 0 aliphatic rings. The van der Waals surface area contributed by atoms with Gasteiger partial charge in [-0.05, 0) is 24.1 Å². The molecule has 2 N–H and O–H groups in total. The number of amides is 1. The van der Waals surface area contributed by atoms with Crippen LogP contribution in [0.4, 0.5) is 0 Å². The molecule has 0 aliphatic carbocycles. The standard InChI is InChI=1S/C9H11NO2S.C3H7NO/c1-7(2)8-5-3-4-6-9(8)13(10,11)12;1-4(2)3-5/h3-6H,1H2,2H3,(H2,10,11,12);3H,1-2H3. The monoisotopic (exact) mass is 270 g/mol. The number of carbonyl (C=O) groups is 1. The summed E-state index contributed by atoms with van der Waals surface area (Å²) in [5, 5.41) is 5.03. The summed E-state index contributed by atoms with van der Waals surface area (Å²) in [5.74, 6) is 0. The van der Waals surface area contributed by atoms with Crippen molar-refractivity contribution in [3.05, 3.63) is 36.4 Å². The average molecular weight is 270 g/mol. The van der Waals surface area contributed by atoms with Crippen molar-refractivity contribution in [2.24, 2.45) is 5.14 Å². The normalized spacial score (nSPS) is 10.0. The number of benzene rings is 1. The van der Waals surface area contributed by atoms with E-state index in [2.05, 4.69) is 6.58 Å². The number of nitrogens with zero attached hydrogens (tertiary/aromatic N) is 1. The predicted octanol–water partition coefficient (Wildman–Crippen LogP) is 1.07. The van der Waals surface area contributed by atoms with E-state index in [0.29, 0.717) is 11.1 Å². The first-order chi connectivity index (χ1) is 8.20. The highest BCUT2D eigenvalue weighted by Gasteiger charge is 2.12. The second kappa shape index (κ2) is 6.93. The second-order valence-corrected chi connectivity index (χ2v) is 5.42. The van der Waals surface area contributed by atoms with Crippen LogP contribution < -0.4 is 5.14 Å². The molecular weight excluding hydrogens is 252 g/mol. The summed E-state index contributed by atoms with van der Waals surface area (Å²) in [6.45, 7) is 5.42. The number of sulfonamides is 1. The summed E-state index contributed by atoms with van der Waals surface area (Å²) in [7, 11) is -0.264. The van der Waals surface area contributed by atoms with Gasteiger partial charge in [0.05, 0.1) is 4.90 Å². The number of carbonyl (C=O) groups excluding carboxylic acids is 1.